The molecule has 88 valence electrons. The Morgan fingerprint density at radius 2 is 1.75 bits per heavy atom. The summed E-state index contributed by atoms with van der Waals surface area (Å²) in [5.41, 5.74) is -0.923. The van der Waals surface area contributed by atoms with Crippen LogP contribution in [0.2, 0.25) is 0 Å². The number of carbonyl (C=O) groups excluding carboxylic acids is 1. The lowest BCUT2D eigenvalue weighted by molar-refractivity contribution is -0.152. The molecule has 2 atom stereocenters. The van der Waals surface area contributed by atoms with E-state index in [0.717, 1.165) is 19.3 Å². The first kappa shape index (κ1) is 10.1. The number of carbonyl (C=O) groups is 2. The van der Waals surface area contributed by atoms with Gasteiger partial charge in [-0.25, -0.2) is 4.79 Å². The van der Waals surface area contributed by atoms with Crippen molar-refractivity contribution in [1.82, 2.24) is 5.32 Å². The van der Waals surface area contributed by atoms with Crippen molar-refractivity contribution in [3.8, 4) is 0 Å². The predicted molar refractivity (Wildman–Crippen MR) is 56.7 cm³/mol. The van der Waals surface area contributed by atoms with Gasteiger partial charge in [-0.05, 0) is 43.9 Å². The molecule has 3 fully saturated rings. The quantitative estimate of drug-likeness (QED) is 0.754. The fourth-order valence-electron chi connectivity index (χ4n) is 3.45. The molecule has 16 heavy (non-hydrogen) atoms. The first-order valence-corrected chi connectivity index (χ1v) is 6.19. The minimum absolute atomic E-state index is 0.00296. The van der Waals surface area contributed by atoms with Crippen molar-refractivity contribution >= 4 is 11.9 Å². The number of rotatable bonds is 3. The van der Waals surface area contributed by atoms with Crippen LogP contribution in [0.3, 0.4) is 0 Å². The Balaban J connectivity index is 1.62. The molecule has 2 unspecified atom stereocenters. The Labute approximate surface area is 94.4 Å². The average Bonchev–Trinajstić information content (AvgIpc) is 2.65. The molecule has 2 N–H and O–H groups in total. The van der Waals surface area contributed by atoms with E-state index in [2.05, 4.69) is 5.32 Å². The number of hydrogen-bond donors (Lipinski definition) is 2. The lowest BCUT2D eigenvalue weighted by atomic mass is 9.76. The largest absolute Gasteiger partial charge is 0.480 e. The number of fused-ring (bicyclic) bond motifs is 1. The maximum absolute atomic E-state index is 12.0. The molecule has 3 saturated carbocycles. The van der Waals surface area contributed by atoms with Crippen molar-refractivity contribution in [2.75, 3.05) is 0 Å². The maximum atomic E-state index is 12.0. The zero-order valence-corrected chi connectivity index (χ0v) is 9.24. The SMILES string of the molecule is O=C(NC1(C(=O)O)CCC1)C1C2CCCC21. The average molecular weight is 223 g/mol. The van der Waals surface area contributed by atoms with Gasteiger partial charge in [0.2, 0.25) is 5.91 Å². The van der Waals surface area contributed by atoms with Crippen molar-refractivity contribution in [2.45, 2.75) is 44.1 Å². The van der Waals surface area contributed by atoms with Gasteiger partial charge < -0.3 is 10.4 Å². The van der Waals surface area contributed by atoms with Crippen LogP contribution in [-0.4, -0.2) is 22.5 Å². The summed E-state index contributed by atoms with van der Waals surface area (Å²) in [5, 5.41) is 11.9. The normalized spacial score (nSPS) is 38.4. The number of amides is 1. The summed E-state index contributed by atoms with van der Waals surface area (Å²) in [6.45, 7) is 0. The van der Waals surface area contributed by atoms with E-state index in [-0.39, 0.29) is 11.8 Å². The van der Waals surface area contributed by atoms with E-state index in [4.69, 9.17) is 5.11 Å². The highest BCUT2D eigenvalue weighted by Crippen LogP contribution is 2.57. The molecule has 4 nitrogen and oxygen atoms in total. The van der Waals surface area contributed by atoms with Crippen molar-refractivity contribution in [3.05, 3.63) is 0 Å². The molecule has 3 rings (SSSR count). The van der Waals surface area contributed by atoms with Gasteiger partial charge in [0, 0.05) is 5.92 Å². The summed E-state index contributed by atoms with van der Waals surface area (Å²) in [6.07, 6.45) is 5.64. The Morgan fingerprint density at radius 3 is 2.19 bits per heavy atom. The van der Waals surface area contributed by atoms with E-state index >= 15 is 0 Å². The molecular formula is C12H17NO3. The molecule has 0 aromatic rings. The molecule has 0 bridgehead atoms. The highest BCUT2D eigenvalue weighted by atomic mass is 16.4. The fourth-order valence-corrected chi connectivity index (χ4v) is 3.45. The van der Waals surface area contributed by atoms with E-state index in [1.165, 1.54) is 6.42 Å². The third kappa shape index (κ3) is 1.28. The van der Waals surface area contributed by atoms with Gasteiger partial charge in [0.15, 0.2) is 0 Å². The van der Waals surface area contributed by atoms with Crippen LogP contribution in [0.4, 0.5) is 0 Å². The summed E-state index contributed by atoms with van der Waals surface area (Å²) < 4.78 is 0. The Hall–Kier alpha value is -1.06. The maximum Gasteiger partial charge on any atom is 0.329 e. The molecule has 0 spiro atoms. The van der Waals surface area contributed by atoms with Gasteiger partial charge in [-0.1, -0.05) is 6.42 Å². The van der Waals surface area contributed by atoms with Crippen LogP contribution >= 0.6 is 0 Å². The van der Waals surface area contributed by atoms with Crippen molar-refractivity contribution < 1.29 is 14.7 Å². The van der Waals surface area contributed by atoms with Crippen molar-refractivity contribution in [1.29, 1.82) is 0 Å². The van der Waals surface area contributed by atoms with Gasteiger partial charge in [0.1, 0.15) is 5.54 Å². The fraction of sp³-hybridized carbons (Fsp3) is 0.833. The van der Waals surface area contributed by atoms with Gasteiger partial charge in [0.25, 0.3) is 0 Å². The lowest BCUT2D eigenvalue weighted by Gasteiger charge is -2.38. The monoisotopic (exact) mass is 223 g/mol. The van der Waals surface area contributed by atoms with E-state index in [9.17, 15) is 9.59 Å². The molecule has 3 aliphatic rings. The third-order valence-corrected chi connectivity index (χ3v) is 4.69. The number of aliphatic carboxylic acids is 1. The molecule has 0 aromatic carbocycles. The molecule has 0 saturated heterocycles. The summed E-state index contributed by atoms with van der Waals surface area (Å²) in [7, 11) is 0. The second kappa shape index (κ2) is 3.22. The van der Waals surface area contributed by atoms with Crippen LogP contribution in [0.1, 0.15) is 38.5 Å². The van der Waals surface area contributed by atoms with E-state index in [1.807, 2.05) is 0 Å². The first-order chi connectivity index (χ1) is 7.64. The number of carboxylic acid groups (broad SMARTS) is 1. The van der Waals surface area contributed by atoms with Crippen LogP contribution in [0.25, 0.3) is 0 Å². The number of carboxylic acids is 1. The summed E-state index contributed by atoms with van der Waals surface area (Å²) in [5.74, 6) is 0.386. The number of nitrogens with one attached hydrogen (secondary N) is 1. The van der Waals surface area contributed by atoms with Crippen LogP contribution in [-0.2, 0) is 9.59 Å². The summed E-state index contributed by atoms with van der Waals surface area (Å²) in [4.78, 5) is 23.1. The minimum Gasteiger partial charge on any atom is -0.480 e. The van der Waals surface area contributed by atoms with Gasteiger partial charge in [-0.3, -0.25) is 4.79 Å². The van der Waals surface area contributed by atoms with Crippen LogP contribution in [0, 0.1) is 17.8 Å². The molecular weight excluding hydrogens is 206 g/mol. The molecule has 0 radical (unpaired) electrons. The van der Waals surface area contributed by atoms with Crippen LogP contribution in [0.15, 0.2) is 0 Å². The molecule has 1 amide bonds. The summed E-state index contributed by atoms with van der Waals surface area (Å²) in [6, 6.07) is 0. The zero-order valence-electron chi connectivity index (χ0n) is 9.24. The second-order valence-corrected chi connectivity index (χ2v) is 5.51. The smallest absolute Gasteiger partial charge is 0.329 e. The van der Waals surface area contributed by atoms with Crippen molar-refractivity contribution in [3.63, 3.8) is 0 Å². The minimum atomic E-state index is -0.923. The van der Waals surface area contributed by atoms with E-state index in [0.29, 0.717) is 24.7 Å². The number of hydrogen-bond acceptors (Lipinski definition) is 2. The van der Waals surface area contributed by atoms with Crippen molar-refractivity contribution in [2.24, 2.45) is 17.8 Å². The Kier molecular flexibility index (Phi) is 2.03. The van der Waals surface area contributed by atoms with Crippen LogP contribution in [0.5, 0.6) is 0 Å². The van der Waals surface area contributed by atoms with Gasteiger partial charge in [-0.15, -0.1) is 0 Å². The highest BCUT2D eigenvalue weighted by molar-refractivity contribution is 5.90. The first-order valence-electron chi connectivity index (χ1n) is 6.19. The molecule has 0 heterocycles. The van der Waals surface area contributed by atoms with Crippen LogP contribution < -0.4 is 5.32 Å². The topological polar surface area (TPSA) is 66.4 Å². The molecule has 4 heteroatoms. The van der Waals surface area contributed by atoms with E-state index in [1.54, 1.807) is 0 Å². The Morgan fingerprint density at radius 1 is 1.12 bits per heavy atom. The molecule has 3 aliphatic carbocycles. The second-order valence-electron chi connectivity index (χ2n) is 5.51. The molecule has 0 aliphatic heterocycles. The Bertz CT molecular complexity index is 338. The predicted octanol–water partition coefficient (Wildman–Crippen LogP) is 1.16. The standard InChI is InChI=1S/C12H17NO3/c14-10(9-7-3-1-4-8(7)9)13-12(11(15)16)5-2-6-12/h7-9H,1-6H2,(H,13,14)(H,15,16). The van der Waals surface area contributed by atoms with Gasteiger partial charge in [-0.2, -0.15) is 0 Å². The van der Waals surface area contributed by atoms with Gasteiger partial charge in [0.05, 0.1) is 0 Å². The van der Waals surface area contributed by atoms with E-state index < -0.39 is 11.5 Å². The van der Waals surface area contributed by atoms with Gasteiger partial charge >= 0.3 is 5.97 Å². The lowest BCUT2D eigenvalue weighted by Crippen LogP contribution is -2.59. The third-order valence-electron chi connectivity index (χ3n) is 4.69. The highest BCUT2D eigenvalue weighted by Gasteiger charge is 2.58. The summed E-state index contributed by atoms with van der Waals surface area (Å²) >= 11 is 0. The zero-order chi connectivity index (χ0) is 11.3. The molecule has 0 aromatic heterocycles.